The minimum atomic E-state index is -0.593. The number of hydrogen-bond donors (Lipinski definition) is 3. The summed E-state index contributed by atoms with van der Waals surface area (Å²) in [5.74, 6) is 1.37. The first-order valence-corrected chi connectivity index (χ1v) is 11.6. The summed E-state index contributed by atoms with van der Waals surface area (Å²) in [4.78, 5) is 26.4. The minimum Gasteiger partial charge on any atom is -0.493 e. The van der Waals surface area contributed by atoms with Crippen LogP contribution in [0.3, 0.4) is 0 Å². The van der Waals surface area contributed by atoms with Crippen molar-refractivity contribution in [1.29, 1.82) is 5.41 Å². The van der Waals surface area contributed by atoms with Gasteiger partial charge in [0, 0.05) is 30.4 Å². The van der Waals surface area contributed by atoms with Gasteiger partial charge in [0.15, 0.2) is 5.65 Å². The predicted octanol–water partition coefficient (Wildman–Crippen LogP) is 4.22. The summed E-state index contributed by atoms with van der Waals surface area (Å²) in [6.07, 6.45) is 1.47. The van der Waals surface area contributed by atoms with Gasteiger partial charge in [0.25, 0.3) is 0 Å². The molecule has 11 heteroatoms. The Balaban J connectivity index is 1.60. The van der Waals surface area contributed by atoms with Crippen molar-refractivity contribution in [1.82, 2.24) is 24.4 Å². The van der Waals surface area contributed by atoms with Crippen LogP contribution in [0.25, 0.3) is 16.7 Å². The maximum absolute atomic E-state index is 12.8. The van der Waals surface area contributed by atoms with E-state index >= 15 is 0 Å². The SMILES string of the molecule is CC(COc1cccc(Nc2ncc3c(=N)n(-c4c(Cl)cccc4Cl)c(=O)[nH]c3n2)c1)CN(C)C. The lowest BCUT2D eigenvalue weighted by molar-refractivity contribution is 0.222. The lowest BCUT2D eigenvalue weighted by atomic mass is 10.2. The first-order valence-electron chi connectivity index (χ1n) is 10.9. The maximum atomic E-state index is 12.8. The molecule has 4 aromatic rings. The summed E-state index contributed by atoms with van der Waals surface area (Å²) in [6, 6.07) is 12.3. The first kappa shape index (κ1) is 24.7. The van der Waals surface area contributed by atoms with Gasteiger partial charge < -0.3 is 15.0 Å². The third kappa shape index (κ3) is 5.64. The Hall–Kier alpha value is -3.40. The first-order chi connectivity index (χ1) is 16.7. The molecule has 2 aromatic carbocycles. The van der Waals surface area contributed by atoms with Gasteiger partial charge in [-0.2, -0.15) is 4.98 Å². The molecule has 2 aromatic heterocycles. The monoisotopic (exact) mass is 513 g/mol. The van der Waals surface area contributed by atoms with Gasteiger partial charge in [-0.25, -0.2) is 14.3 Å². The summed E-state index contributed by atoms with van der Waals surface area (Å²) >= 11 is 12.5. The summed E-state index contributed by atoms with van der Waals surface area (Å²) < 4.78 is 7.02. The molecule has 0 aliphatic heterocycles. The summed E-state index contributed by atoms with van der Waals surface area (Å²) in [5.41, 5.74) is 0.436. The van der Waals surface area contributed by atoms with Crippen LogP contribution in [0.5, 0.6) is 5.75 Å². The number of aromatic nitrogens is 4. The number of para-hydroxylation sites is 1. The number of fused-ring (bicyclic) bond motifs is 1. The van der Waals surface area contributed by atoms with Crippen molar-refractivity contribution in [2.75, 3.05) is 32.6 Å². The highest BCUT2D eigenvalue weighted by Gasteiger charge is 2.15. The quantitative estimate of drug-likeness (QED) is 0.325. The van der Waals surface area contributed by atoms with Crippen molar-refractivity contribution < 1.29 is 4.74 Å². The Kier molecular flexibility index (Phi) is 7.39. The number of aromatic amines is 1. The highest BCUT2D eigenvalue weighted by atomic mass is 35.5. The molecule has 2 heterocycles. The molecule has 0 spiro atoms. The number of halogens is 2. The van der Waals surface area contributed by atoms with E-state index in [1.54, 1.807) is 18.2 Å². The second kappa shape index (κ2) is 10.5. The topological polar surface area (TPSA) is 112 Å². The standard InChI is InChI=1S/C24H25Cl2N7O2/c1-14(12-32(2)3)13-35-16-7-4-6-15(10-16)29-23-28-11-17-21(27)33(24(34)31-22(17)30-23)20-18(25)8-5-9-19(20)26/h4-11,14,27H,12-13H2,1-3H3,(H2,28,29,30,31,34). The highest BCUT2D eigenvalue weighted by Crippen LogP contribution is 2.26. The van der Waals surface area contributed by atoms with E-state index in [2.05, 4.69) is 32.1 Å². The Bertz CT molecular complexity index is 1460. The van der Waals surface area contributed by atoms with E-state index in [0.717, 1.165) is 22.5 Å². The lowest BCUT2D eigenvalue weighted by Gasteiger charge is -2.17. The molecule has 0 bridgehead atoms. The van der Waals surface area contributed by atoms with Gasteiger partial charge in [0.05, 0.1) is 27.7 Å². The van der Waals surface area contributed by atoms with Crippen LogP contribution in [-0.4, -0.2) is 51.7 Å². The Morgan fingerprint density at radius 2 is 1.91 bits per heavy atom. The van der Waals surface area contributed by atoms with Gasteiger partial charge in [-0.15, -0.1) is 0 Å². The Morgan fingerprint density at radius 1 is 1.20 bits per heavy atom. The molecule has 0 fully saturated rings. The van der Waals surface area contributed by atoms with Gasteiger partial charge in [-0.3, -0.25) is 10.4 Å². The second-order valence-electron chi connectivity index (χ2n) is 8.47. The minimum absolute atomic E-state index is 0.132. The number of rotatable bonds is 8. The van der Waals surface area contributed by atoms with Gasteiger partial charge in [0.2, 0.25) is 5.95 Å². The zero-order chi connectivity index (χ0) is 25.1. The number of benzene rings is 2. The molecule has 3 N–H and O–H groups in total. The van der Waals surface area contributed by atoms with E-state index in [-0.39, 0.29) is 32.8 Å². The van der Waals surface area contributed by atoms with Crippen LogP contribution in [0.15, 0.2) is 53.5 Å². The van der Waals surface area contributed by atoms with Gasteiger partial charge in [-0.1, -0.05) is 42.3 Å². The number of nitrogens with one attached hydrogen (secondary N) is 3. The van der Waals surface area contributed by atoms with E-state index in [0.29, 0.717) is 17.9 Å². The van der Waals surface area contributed by atoms with Crippen LogP contribution in [0.1, 0.15) is 6.92 Å². The fourth-order valence-electron chi connectivity index (χ4n) is 3.71. The molecule has 0 saturated carbocycles. The molecule has 9 nitrogen and oxygen atoms in total. The van der Waals surface area contributed by atoms with Crippen LogP contribution in [0, 0.1) is 11.3 Å². The second-order valence-corrected chi connectivity index (χ2v) is 9.29. The molecular weight excluding hydrogens is 489 g/mol. The molecule has 0 radical (unpaired) electrons. The van der Waals surface area contributed by atoms with Gasteiger partial charge >= 0.3 is 5.69 Å². The Morgan fingerprint density at radius 3 is 2.63 bits per heavy atom. The maximum Gasteiger partial charge on any atom is 0.333 e. The summed E-state index contributed by atoms with van der Waals surface area (Å²) in [7, 11) is 4.07. The van der Waals surface area contributed by atoms with E-state index in [1.807, 2.05) is 38.4 Å². The average molecular weight is 514 g/mol. The van der Waals surface area contributed by atoms with Crippen LogP contribution >= 0.6 is 23.2 Å². The molecule has 0 amide bonds. The largest absolute Gasteiger partial charge is 0.493 e. The van der Waals surface area contributed by atoms with E-state index < -0.39 is 5.69 Å². The molecule has 4 rings (SSSR count). The van der Waals surface area contributed by atoms with Crippen molar-refractivity contribution in [3.63, 3.8) is 0 Å². The van der Waals surface area contributed by atoms with Crippen molar-refractivity contribution in [3.8, 4) is 11.4 Å². The zero-order valence-corrected chi connectivity index (χ0v) is 21.0. The molecule has 35 heavy (non-hydrogen) atoms. The highest BCUT2D eigenvalue weighted by molar-refractivity contribution is 6.37. The molecule has 0 aliphatic rings. The molecule has 182 valence electrons. The molecule has 0 aliphatic carbocycles. The predicted molar refractivity (Wildman–Crippen MR) is 138 cm³/mol. The number of ether oxygens (including phenoxy) is 1. The average Bonchev–Trinajstić information content (AvgIpc) is 2.79. The van der Waals surface area contributed by atoms with Crippen molar-refractivity contribution >= 4 is 45.9 Å². The number of hydrogen-bond acceptors (Lipinski definition) is 7. The third-order valence-electron chi connectivity index (χ3n) is 5.16. The van der Waals surface area contributed by atoms with Crippen LogP contribution in [0.4, 0.5) is 11.6 Å². The van der Waals surface area contributed by atoms with Crippen LogP contribution < -0.4 is 21.2 Å². The van der Waals surface area contributed by atoms with Crippen LogP contribution in [0.2, 0.25) is 10.0 Å². The van der Waals surface area contributed by atoms with E-state index in [4.69, 9.17) is 33.3 Å². The zero-order valence-electron chi connectivity index (χ0n) is 19.5. The molecular formula is C24H25Cl2N7O2. The number of H-pyrrole nitrogens is 1. The fourth-order valence-corrected chi connectivity index (χ4v) is 4.28. The number of nitrogens with zero attached hydrogens (tertiary/aromatic N) is 4. The van der Waals surface area contributed by atoms with Crippen LogP contribution in [-0.2, 0) is 0 Å². The van der Waals surface area contributed by atoms with Crippen molar-refractivity contribution in [3.05, 3.63) is 74.7 Å². The summed E-state index contributed by atoms with van der Waals surface area (Å²) in [6.45, 7) is 3.66. The normalized spacial score (nSPS) is 12.2. The molecule has 1 unspecified atom stereocenters. The third-order valence-corrected chi connectivity index (χ3v) is 5.77. The van der Waals surface area contributed by atoms with Gasteiger partial charge in [0.1, 0.15) is 11.2 Å². The number of anilines is 2. The van der Waals surface area contributed by atoms with Crippen molar-refractivity contribution in [2.24, 2.45) is 5.92 Å². The lowest BCUT2D eigenvalue weighted by Crippen LogP contribution is -2.34. The summed E-state index contributed by atoms with van der Waals surface area (Å²) in [5, 5.41) is 12.5. The molecule has 0 saturated heterocycles. The fraction of sp³-hybridized carbons (Fsp3) is 0.250. The molecule has 1 atom stereocenters. The smallest absolute Gasteiger partial charge is 0.333 e. The van der Waals surface area contributed by atoms with Gasteiger partial charge in [-0.05, 0) is 38.4 Å². The van der Waals surface area contributed by atoms with Crippen molar-refractivity contribution in [2.45, 2.75) is 6.92 Å². The Labute approximate surface area is 211 Å². The van der Waals surface area contributed by atoms with E-state index in [9.17, 15) is 4.79 Å². The van der Waals surface area contributed by atoms with E-state index in [1.165, 1.54) is 6.20 Å².